The van der Waals surface area contributed by atoms with Crippen molar-refractivity contribution < 1.29 is 17.9 Å². The van der Waals surface area contributed by atoms with Gasteiger partial charge in [-0.1, -0.05) is 48.9 Å². The first-order chi connectivity index (χ1) is 14.8. The van der Waals surface area contributed by atoms with E-state index in [0.717, 1.165) is 28.9 Å². The van der Waals surface area contributed by atoms with E-state index in [1.165, 1.54) is 4.31 Å². The number of nitrogens with zero attached hydrogens (tertiary/aromatic N) is 1. The topological polar surface area (TPSA) is 75.7 Å². The monoisotopic (exact) mass is 444 g/mol. The maximum atomic E-state index is 12.8. The minimum atomic E-state index is -3.39. The van der Waals surface area contributed by atoms with Crippen molar-refractivity contribution in [2.24, 2.45) is 5.92 Å². The van der Waals surface area contributed by atoms with E-state index in [0.29, 0.717) is 25.9 Å². The summed E-state index contributed by atoms with van der Waals surface area (Å²) in [5.41, 5.74) is 2.88. The Morgan fingerprint density at radius 2 is 1.84 bits per heavy atom. The van der Waals surface area contributed by atoms with E-state index in [1.807, 2.05) is 62.4 Å². The van der Waals surface area contributed by atoms with Gasteiger partial charge in [0.2, 0.25) is 15.9 Å². The van der Waals surface area contributed by atoms with Gasteiger partial charge in [0.05, 0.1) is 18.9 Å². The molecule has 7 heteroatoms. The van der Waals surface area contributed by atoms with E-state index >= 15 is 0 Å². The van der Waals surface area contributed by atoms with Crippen molar-refractivity contribution in [2.75, 3.05) is 20.2 Å². The minimum absolute atomic E-state index is 0.000914. The number of methoxy groups -OCH3 is 1. The lowest BCUT2D eigenvalue weighted by atomic mass is 9.95. The summed E-state index contributed by atoms with van der Waals surface area (Å²) in [6, 6.07) is 15.2. The molecule has 0 spiro atoms. The number of rotatable bonds is 8. The van der Waals surface area contributed by atoms with E-state index in [4.69, 9.17) is 4.74 Å². The molecule has 1 amide bonds. The Labute approximate surface area is 185 Å². The fraction of sp³-hybridized carbons (Fsp3) is 0.458. The highest BCUT2D eigenvalue weighted by Gasteiger charge is 2.31. The van der Waals surface area contributed by atoms with Crippen LogP contribution >= 0.6 is 0 Å². The highest BCUT2D eigenvalue weighted by molar-refractivity contribution is 7.88. The zero-order chi connectivity index (χ0) is 22.4. The van der Waals surface area contributed by atoms with Crippen molar-refractivity contribution in [1.29, 1.82) is 0 Å². The molecule has 1 fully saturated rings. The van der Waals surface area contributed by atoms with Gasteiger partial charge >= 0.3 is 0 Å². The van der Waals surface area contributed by atoms with Crippen LogP contribution in [0.2, 0.25) is 0 Å². The van der Waals surface area contributed by atoms with E-state index in [-0.39, 0.29) is 23.6 Å². The molecule has 168 valence electrons. The molecule has 1 aliphatic heterocycles. The Balaban J connectivity index is 1.56. The highest BCUT2D eigenvalue weighted by atomic mass is 32.2. The van der Waals surface area contributed by atoms with Gasteiger partial charge in [-0.2, -0.15) is 0 Å². The molecular formula is C24H32N2O4S. The first-order valence-corrected chi connectivity index (χ1v) is 12.4. The molecule has 0 saturated carbocycles. The molecule has 1 saturated heterocycles. The van der Waals surface area contributed by atoms with Crippen molar-refractivity contribution in [3.8, 4) is 5.75 Å². The van der Waals surface area contributed by atoms with Crippen LogP contribution in [0, 0.1) is 12.8 Å². The van der Waals surface area contributed by atoms with E-state index in [2.05, 4.69) is 5.32 Å². The molecule has 0 aliphatic carbocycles. The predicted octanol–water partition coefficient (Wildman–Crippen LogP) is 3.81. The summed E-state index contributed by atoms with van der Waals surface area (Å²) >= 11 is 0. The average Bonchev–Trinajstić information content (AvgIpc) is 2.77. The molecule has 31 heavy (non-hydrogen) atoms. The van der Waals surface area contributed by atoms with Crippen molar-refractivity contribution >= 4 is 15.9 Å². The molecule has 1 N–H and O–H groups in total. The van der Waals surface area contributed by atoms with E-state index in [9.17, 15) is 13.2 Å². The van der Waals surface area contributed by atoms with Crippen LogP contribution in [0.5, 0.6) is 5.75 Å². The summed E-state index contributed by atoms with van der Waals surface area (Å²) in [4.78, 5) is 12.8. The highest BCUT2D eigenvalue weighted by Crippen LogP contribution is 2.25. The average molecular weight is 445 g/mol. The number of hydrogen-bond donors (Lipinski definition) is 1. The third-order valence-corrected chi connectivity index (χ3v) is 7.74. The number of benzene rings is 2. The van der Waals surface area contributed by atoms with Crippen LogP contribution in [0.25, 0.3) is 0 Å². The van der Waals surface area contributed by atoms with Crippen molar-refractivity contribution in [2.45, 2.75) is 44.9 Å². The fourth-order valence-electron chi connectivity index (χ4n) is 4.05. The van der Waals surface area contributed by atoms with Gasteiger partial charge in [0.25, 0.3) is 0 Å². The number of piperidine rings is 1. The van der Waals surface area contributed by atoms with Crippen molar-refractivity contribution in [3.05, 3.63) is 65.2 Å². The van der Waals surface area contributed by atoms with E-state index in [1.54, 1.807) is 7.11 Å². The summed E-state index contributed by atoms with van der Waals surface area (Å²) in [5, 5.41) is 3.14. The smallest absolute Gasteiger partial charge is 0.223 e. The summed E-state index contributed by atoms with van der Waals surface area (Å²) < 4.78 is 32.4. The number of sulfonamides is 1. The maximum Gasteiger partial charge on any atom is 0.223 e. The molecule has 0 unspecified atom stereocenters. The Morgan fingerprint density at radius 3 is 2.42 bits per heavy atom. The molecule has 2 aromatic rings. The second-order valence-corrected chi connectivity index (χ2v) is 10.1. The lowest BCUT2D eigenvalue weighted by molar-refractivity contribution is -0.126. The fourth-order valence-corrected chi connectivity index (χ4v) is 5.60. The second kappa shape index (κ2) is 10.3. The number of hydrogen-bond acceptors (Lipinski definition) is 4. The van der Waals surface area contributed by atoms with Gasteiger partial charge in [-0.05, 0) is 49.4 Å². The Morgan fingerprint density at radius 1 is 1.16 bits per heavy atom. The number of carbonyl (C=O) groups excluding carboxylic acids is 1. The van der Waals surface area contributed by atoms with Crippen molar-refractivity contribution in [1.82, 2.24) is 9.62 Å². The SMILES string of the molecule is CC[C@@H](NC(=O)C1CCN(S(=O)(=O)Cc2cccc(C)c2)CC1)c1ccc(OC)cc1. The second-order valence-electron chi connectivity index (χ2n) is 8.16. The summed E-state index contributed by atoms with van der Waals surface area (Å²) in [5.74, 6) is 0.612. The number of ether oxygens (including phenoxy) is 1. The lowest BCUT2D eigenvalue weighted by Crippen LogP contribution is -2.44. The third-order valence-electron chi connectivity index (χ3n) is 5.89. The maximum absolute atomic E-state index is 12.8. The van der Waals surface area contributed by atoms with Gasteiger partial charge in [0.1, 0.15) is 5.75 Å². The quantitative estimate of drug-likeness (QED) is 0.672. The summed E-state index contributed by atoms with van der Waals surface area (Å²) in [6.45, 7) is 4.75. The largest absolute Gasteiger partial charge is 0.497 e. The first-order valence-electron chi connectivity index (χ1n) is 10.8. The van der Waals surface area contributed by atoms with Crippen LogP contribution in [0.1, 0.15) is 48.9 Å². The number of carbonyl (C=O) groups is 1. The molecule has 6 nitrogen and oxygen atoms in total. The molecule has 0 aromatic heterocycles. The van der Waals surface area contributed by atoms with Crippen LogP contribution in [0.15, 0.2) is 48.5 Å². The Bertz CT molecular complexity index is 981. The molecule has 1 atom stereocenters. The van der Waals surface area contributed by atoms with Crippen LogP contribution < -0.4 is 10.1 Å². The molecule has 0 bridgehead atoms. The molecule has 1 aliphatic rings. The van der Waals surface area contributed by atoms with Gasteiger partial charge in [-0.25, -0.2) is 12.7 Å². The first kappa shape index (κ1) is 23.3. The van der Waals surface area contributed by atoms with Crippen LogP contribution in [0.3, 0.4) is 0 Å². The molecular weight excluding hydrogens is 412 g/mol. The predicted molar refractivity (Wildman–Crippen MR) is 122 cm³/mol. The number of nitrogens with one attached hydrogen (secondary N) is 1. The standard InChI is InChI=1S/C24H32N2O4S/c1-4-23(20-8-10-22(30-3)11-9-20)25-24(27)21-12-14-26(15-13-21)31(28,29)17-19-7-5-6-18(2)16-19/h5-11,16,21,23H,4,12-15,17H2,1-3H3,(H,25,27)/t23-/m1/s1. The zero-order valence-electron chi connectivity index (χ0n) is 18.5. The van der Waals surface area contributed by atoms with Crippen LogP contribution in [0.4, 0.5) is 0 Å². The van der Waals surface area contributed by atoms with Gasteiger partial charge in [0, 0.05) is 19.0 Å². The van der Waals surface area contributed by atoms with Gasteiger partial charge in [0.15, 0.2) is 0 Å². The minimum Gasteiger partial charge on any atom is -0.497 e. The van der Waals surface area contributed by atoms with Gasteiger partial charge < -0.3 is 10.1 Å². The molecule has 0 radical (unpaired) electrons. The van der Waals surface area contributed by atoms with Crippen LogP contribution in [-0.4, -0.2) is 38.8 Å². The molecule has 2 aromatic carbocycles. The summed E-state index contributed by atoms with van der Waals surface area (Å²) in [7, 11) is -1.76. The number of amides is 1. The summed E-state index contributed by atoms with van der Waals surface area (Å²) in [6.07, 6.45) is 1.86. The molecule has 3 rings (SSSR count). The van der Waals surface area contributed by atoms with Crippen LogP contribution in [-0.2, 0) is 20.6 Å². The third kappa shape index (κ3) is 6.08. The normalized spacial score (nSPS) is 16.6. The zero-order valence-corrected chi connectivity index (χ0v) is 19.3. The van der Waals surface area contributed by atoms with E-state index < -0.39 is 10.0 Å². The van der Waals surface area contributed by atoms with Gasteiger partial charge in [-0.3, -0.25) is 4.79 Å². The Hall–Kier alpha value is -2.38. The number of aryl methyl sites for hydroxylation is 1. The van der Waals surface area contributed by atoms with Gasteiger partial charge in [-0.15, -0.1) is 0 Å². The Kier molecular flexibility index (Phi) is 7.73. The van der Waals surface area contributed by atoms with Crippen molar-refractivity contribution in [3.63, 3.8) is 0 Å². The molecule has 1 heterocycles. The lowest BCUT2D eigenvalue weighted by Gasteiger charge is -2.31.